The van der Waals surface area contributed by atoms with Crippen LogP contribution in [0.25, 0.3) is 0 Å². The first-order valence-corrected chi connectivity index (χ1v) is 10.4. The van der Waals surface area contributed by atoms with Gasteiger partial charge in [0.1, 0.15) is 11.5 Å². The summed E-state index contributed by atoms with van der Waals surface area (Å²) in [5.41, 5.74) is 0. The van der Waals surface area contributed by atoms with Crippen molar-refractivity contribution in [2.45, 2.75) is 50.9 Å². The summed E-state index contributed by atoms with van der Waals surface area (Å²) in [5.74, 6) is 0.750. The highest BCUT2D eigenvalue weighted by atomic mass is 35.5. The highest BCUT2D eigenvalue weighted by molar-refractivity contribution is 6.30. The zero-order valence-electron chi connectivity index (χ0n) is 17.2. The number of hydrogen-bond acceptors (Lipinski definition) is 5. The summed E-state index contributed by atoms with van der Waals surface area (Å²) in [4.78, 5) is 10.9. The van der Waals surface area contributed by atoms with Crippen molar-refractivity contribution < 1.29 is 24.9 Å². The molecular formula is C24H31ClO5. The van der Waals surface area contributed by atoms with Crippen molar-refractivity contribution in [3.63, 3.8) is 0 Å². The number of ether oxygens (including phenoxy) is 1. The first-order chi connectivity index (χ1) is 14.4. The third-order valence-corrected chi connectivity index (χ3v) is 4.33. The van der Waals surface area contributed by atoms with Crippen LogP contribution in [0.3, 0.4) is 0 Å². The van der Waals surface area contributed by atoms with E-state index in [-0.39, 0.29) is 5.78 Å². The van der Waals surface area contributed by atoms with Gasteiger partial charge in [0.25, 0.3) is 0 Å². The Labute approximate surface area is 183 Å². The Morgan fingerprint density at radius 3 is 2.37 bits per heavy atom. The van der Waals surface area contributed by atoms with E-state index in [0.29, 0.717) is 43.1 Å². The summed E-state index contributed by atoms with van der Waals surface area (Å²) in [6.45, 7) is 1.89. The van der Waals surface area contributed by atoms with Crippen LogP contribution < -0.4 is 4.74 Å². The van der Waals surface area contributed by atoms with Crippen LogP contribution >= 0.6 is 11.6 Å². The molecule has 1 aromatic carbocycles. The van der Waals surface area contributed by atoms with Gasteiger partial charge in [-0.25, -0.2) is 0 Å². The number of rotatable bonds is 14. The van der Waals surface area contributed by atoms with Crippen molar-refractivity contribution in [3.05, 3.63) is 77.9 Å². The predicted molar refractivity (Wildman–Crippen MR) is 121 cm³/mol. The summed E-state index contributed by atoms with van der Waals surface area (Å²) < 4.78 is 5.53. The number of allylic oxidation sites excluding steroid dienone is 6. The van der Waals surface area contributed by atoms with E-state index in [0.717, 1.165) is 0 Å². The third kappa shape index (κ3) is 13.1. The average molecular weight is 435 g/mol. The van der Waals surface area contributed by atoms with E-state index in [4.69, 9.17) is 16.3 Å². The lowest BCUT2D eigenvalue weighted by Gasteiger charge is -2.13. The number of carbonyl (C=O) groups excluding carboxylic acids is 1. The van der Waals surface area contributed by atoms with Crippen LogP contribution in [0, 0.1) is 0 Å². The molecule has 0 saturated carbocycles. The Morgan fingerprint density at radius 2 is 1.70 bits per heavy atom. The van der Waals surface area contributed by atoms with E-state index < -0.39 is 18.3 Å². The van der Waals surface area contributed by atoms with E-state index in [1.54, 1.807) is 60.7 Å². The number of hydrogen-bond donors (Lipinski definition) is 3. The maximum Gasteiger partial charge on any atom is 0.129 e. The molecule has 0 aliphatic heterocycles. The van der Waals surface area contributed by atoms with Gasteiger partial charge in [-0.1, -0.05) is 66.3 Å². The molecule has 0 fully saturated rings. The van der Waals surface area contributed by atoms with E-state index >= 15 is 0 Å². The van der Waals surface area contributed by atoms with E-state index in [1.807, 2.05) is 6.07 Å². The molecule has 0 unspecified atom stereocenters. The van der Waals surface area contributed by atoms with Gasteiger partial charge in [-0.2, -0.15) is 0 Å². The highest BCUT2D eigenvalue weighted by Crippen LogP contribution is 2.17. The third-order valence-electron chi connectivity index (χ3n) is 4.10. The maximum absolute atomic E-state index is 10.9. The van der Waals surface area contributed by atoms with Crippen LogP contribution in [0.15, 0.2) is 72.9 Å². The van der Waals surface area contributed by atoms with Crippen LogP contribution in [0.5, 0.6) is 5.75 Å². The molecule has 6 heteroatoms. The highest BCUT2D eigenvalue weighted by Gasteiger charge is 2.12. The molecule has 1 aromatic rings. The molecule has 5 nitrogen and oxygen atoms in total. The average Bonchev–Trinajstić information content (AvgIpc) is 2.69. The molecule has 0 saturated heterocycles. The van der Waals surface area contributed by atoms with Gasteiger partial charge in [-0.05, 0) is 38.0 Å². The topological polar surface area (TPSA) is 87.0 Å². The second-order valence-electron chi connectivity index (χ2n) is 6.85. The largest absolute Gasteiger partial charge is 0.493 e. The van der Waals surface area contributed by atoms with Crippen LogP contribution in [0.2, 0.25) is 5.02 Å². The number of benzene rings is 1. The normalized spacial score (nSPS) is 15.4. The zero-order chi connectivity index (χ0) is 22.2. The monoisotopic (exact) mass is 434 g/mol. The molecular weight excluding hydrogens is 404 g/mol. The number of halogens is 1. The van der Waals surface area contributed by atoms with Gasteiger partial charge in [0.15, 0.2) is 0 Å². The fraction of sp³-hybridized carbons (Fsp3) is 0.375. The lowest BCUT2D eigenvalue weighted by molar-refractivity contribution is -0.117. The van der Waals surface area contributed by atoms with Crippen molar-refractivity contribution in [2.24, 2.45) is 0 Å². The van der Waals surface area contributed by atoms with Crippen molar-refractivity contribution in [1.82, 2.24) is 0 Å². The Hall–Kier alpha value is -2.18. The number of Topliss-reactive ketones (excluding diaryl/α,β-unsaturated/α-hetero) is 1. The van der Waals surface area contributed by atoms with Gasteiger partial charge >= 0.3 is 0 Å². The smallest absolute Gasteiger partial charge is 0.129 e. The van der Waals surface area contributed by atoms with E-state index in [2.05, 4.69) is 0 Å². The van der Waals surface area contributed by atoms with Gasteiger partial charge in [0.05, 0.1) is 24.9 Å². The molecule has 0 aromatic heterocycles. The lowest BCUT2D eigenvalue weighted by atomic mass is 10.1. The number of ketones is 1. The Bertz CT molecular complexity index is 739. The summed E-state index contributed by atoms with van der Waals surface area (Å²) in [6, 6.07) is 7.11. The molecule has 0 bridgehead atoms. The molecule has 0 amide bonds. The van der Waals surface area contributed by atoms with Gasteiger partial charge in [0, 0.05) is 17.9 Å². The van der Waals surface area contributed by atoms with Gasteiger partial charge in [-0.15, -0.1) is 0 Å². The molecule has 3 N–H and O–H groups in total. The zero-order valence-corrected chi connectivity index (χ0v) is 18.0. The molecule has 0 radical (unpaired) electrons. The quantitative estimate of drug-likeness (QED) is 0.382. The lowest BCUT2D eigenvalue weighted by Crippen LogP contribution is -2.23. The SMILES string of the molecule is CC(=O)CCC[C@H](O)[C@H](O)/C=C/C=C/C=C\C=C\[C@@H](O)CCOc1cccc(Cl)c1. The fourth-order valence-electron chi connectivity index (χ4n) is 2.44. The molecule has 164 valence electrons. The molecule has 3 atom stereocenters. The number of carbonyl (C=O) groups is 1. The Kier molecular flexibility index (Phi) is 13.5. The molecule has 0 spiro atoms. The summed E-state index contributed by atoms with van der Waals surface area (Å²) in [6.07, 6.45) is 13.0. The van der Waals surface area contributed by atoms with Crippen LogP contribution in [0.1, 0.15) is 32.6 Å². The standard InChI is InChI=1S/C24H31ClO5/c1-19(26)10-8-15-24(29)23(28)14-7-5-3-2-4-6-12-21(27)16-17-30-22-13-9-11-20(25)18-22/h2-7,9,11-14,18,21,23-24,27-29H,8,10,15-17H2,1H3/b4-2-,5-3+,12-6+,14-7+/t21-,23-,24+/m1/s1. The van der Waals surface area contributed by atoms with Crippen molar-refractivity contribution >= 4 is 17.4 Å². The maximum atomic E-state index is 10.9. The van der Waals surface area contributed by atoms with E-state index in [1.165, 1.54) is 13.0 Å². The molecule has 0 heterocycles. The first kappa shape index (κ1) is 25.9. The van der Waals surface area contributed by atoms with Crippen molar-refractivity contribution in [1.29, 1.82) is 0 Å². The molecule has 0 aliphatic carbocycles. The number of aliphatic hydroxyl groups excluding tert-OH is 3. The second kappa shape index (κ2) is 15.6. The molecule has 1 rings (SSSR count). The minimum Gasteiger partial charge on any atom is -0.493 e. The summed E-state index contributed by atoms with van der Waals surface area (Å²) in [5, 5.41) is 30.1. The van der Waals surface area contributed by atoms with Crippen LogP contribution in [-0.4, -0.2) is 46.0 Å². The van der Waals surface area contributed by atoms with Gasteiger partial charge in [-0.3, -0.25) is 0 Å². The summed E-state index contributed by atoms with van der Waals surface area (Å²) >= 11 is 5.88. The van der Waals surface area contributed by atoms with Gasteiger partial charge < -0.3 is 24.9 Å². The molecule has 0 aliphatic rings. The van der Waals surface area contributed by atoms with Crippen molar-refractivity contribution in [2.75, 3.05) is 6.61 Å². The van der Waals surface area contributed by atoms with Crippen LogP contribution in [0.4, 0.5) is 0 Å². The minimum absolute atomic E-state index is 0.0781. The fourth-order valence-corrected chi connectivity index (χ4v) is 2.62. The minimum atomic E-state index is -0.963. The summed E-state index contributed by atoms with van der Waals surface area (Å²) in [7, 11) is 0. The number of aliphatic hydroxyl groups is 3. The van der Waals surface area contributed by atoms with E-state index in [9.17, 15) is 20.1 Å². The van der Waals surface area contributed by atoms with Crippen LogP contribution in [-0.2, 0) is 4.79 Å². The Balaban J connectivity index is 2.21. The second-order valence-corrected chi connectivity index (χ2v) is 7.29. The van der Waals surface area contributed by atoms with Crippen molar-refractivity contribution in [3.8, 4) is 5.75 Å². The predicted octanol–water partition coefficient (Wildman–Crippen LogP) is 4.18. The Morgan fingerprint density at radius 1 is 1.03 bits per heavy atom. The van der Waals surface area contributed by atoms with Gasteiger partial charge in [0.2, 0.25) is 0 Å². The molecule has 30 heavy (non-hydrogen) atoms. The first-order valence-electron chi connectivity index (χ1n) is 9.99.